The van der Waals surface area contributed by atoms with Crippen LogP contribution in [0, 0.1) is 26.7 Å². The van der Waals surface area contributed by atoms with Crippen LogP contribution < -0.4 is 10.5 Å². The molecule has 1 amide bonds. The first-order valence-corrected chi connectivity index (χ1v) is 9.07. The number of nitrogens with zero attached hydrogens (tertiary/aromatic N) is 1. The molecule has 0 saturated heterocycles. The average Bonchev–Trinajstić information content (AvgIpc) is 2.58. The molecular formula is C20H32N2O3. The molecule has 0 spiro atoms. The van der Waals surface area contributed by atoms with E-state index in [1.165, 1.54) is 11.1 Å². The predicted molar refractivity (Wildman–Crippen MR) is 99.9 cm³/mol. The molecule has 5 heteroatoms. The number of ether oxygens (including phenoxy) is 2. The molecule has 1 aliphatic rings. The molecule has 0 unspecified atom stereocenters. The molecule has 0 aromatic heterocycles. The lowest BCUT2D eigenvalue weighted by atomic mass is 9.83. The van der Waals surface area contributed by atoms with Gasteiger partial charge in [0, 0.05) is 26.1 Å². The maximum atomic E-state index is 12.7. The number of nitrogens with two attached hydrogens (primary N) is 1. The molecule has 1 aromatic rings. The van der Waals surface area contributed by atoms with E-state index in [1.807, 2.05) is 7.05 Å². The first-order valence-electron chi connectivity index (χ1n) is 9.07. The summed E-state index contributed by atoms with van der Waals surface area (Å²) in [5.74, 6) is 1.06. The van der Waals surface area contributed by atoms with E-state index < -0.39 is 0 Å². The molecule has 0 bridgehead atoms. The van der Waals surface area contributed by atoms with Crippen molar-refractivity contribution < 1.29 is 14.3 Å². The standard InChI is InChI=1S/C20H32N2O3/c1-13-10-14(2)15(3)18(11-13)25-9-8-22(4)20(23)16-6-7-17(21)19(12-16)24-5/h10-11,16-17,19H,6-9,12,21H2,1-5H3/t16-,17+,19+/m0/s1. The van der Waals surface area contributed by atoms with Crippen LogP contribution in [0.1, 0.15) is 36.0 Å². The zero-order chi connectivity index (χ0) is 18.6. The van der Waals surface area contributed by atoms with Crippen LogP contribution in [-0.2, 0) is 9.53 Å². The largest absolute Gasteiger partial charge is 0.491 e. The van der Waals surface area contributed by atoms with Crippen molar-refractivity contribution in [3.05, 3.63) is 28.8 Å². The zero-order valence-electron chi connectivity index (χ0n) is 16.2. The summed E-state index contributed by atoms with van der Waals surface area (Å²) in [4.78, 5) is 14.4. The second kappa shape index (κ2) is 8.68. The summed E-state index contributed by atoms with van der Waals surface area (Å²) < 4.78 is 11.3. The van der Waals surface area contributed by atoms with Gasteiger partial charge in [0.05, 0.1) is 12.6 Å². The number of methoxy groups -OCH3 is 1. The Morgan fingerprint density at radius 3 is 2.68 bits per heavy atom. The third kappa shape index (κ3) is 4.95. The topological polar surface area (TPSA) is 64.8 Å². The Hall–Kier alpha value is -1.59. The Bertz CT molecular complexity index is 603. The Morgan fingerprint density at radius 2 is 2.00 bits per heavy atom. The lowest BCUT2D eigenvalue weighted by molar-refractivity contribution is -0.137. The molecule has 2 rings (SSSR count). The van der Waals surface area contributed by atoms with Crippen molar-refractivity contribution in [3.63, 3.8) is 0 Å². The number of hydrogen-bond acceptors (Lipinski definition) is 4. The van der Waals surface area contributed by atoms with E-state index in [0.717, 1.165) is 24.2 Å². The summed E-state index contributed by atoms with van der Waals surface area (Å²) in [7, 11) is 3.51. The quantitative estimate of drug-likeness (QED) is 0.858. The molecule has 2 N–H and O–H groups in total. The van der Waals surface area contributed by atoms with Gasteiger partial charge in [-0.05, 0) is 62.8 Å². The Balaban J connectivity index is 1.86. The predicted octanol–water partition coefficient (Wildman–Crippen LogP) is 2.59. The number of amides is 1. The second-order valence-corrected chi connectivity index (χ2v) is 7.26. The van der Waals surface area contributed by atoms with Crippen LogP contribution in [0.4, 0.5) is 0 Å². The Kier molecular flexibility index (Phi) is 6.85. The van der Waals surface area contributed by atoms with Crippen LogP contribution in [0.5, 0.6) is 5.75 Å². The van der Waals surface area contributed by atoms with Crippen LogP contribution in [-0.4, -0.2) is 50.3 Å². The molecule has 0 radical (unpaired) electrons. The minimum Gasteiger partial charge on any atom is -0.491 e. The van der Waals surface area contributed by atoms with Gasteiger partial charge in [-0.2, -0.15) is 0 Å². The number of hydrogen-bond donors (Lipinski definition) is 1. The van der Waals surface area contributed by atoms with Crippen LogP contribution in [0.2, 0.25) is 0 Å². The van der Waals surface area contributed by atoms with E-state index >= 15 is 0 Å². The highest BCUT2D eigenvalue weighted by molar-refractivity contribution is 5.78. The van der Waals surface area contributed by atoms with Crippen LogP contribution in [0.25, 0.3) is 0 Å². The highest BCUT2D eigenvalue weighted by atomic mass is 16.5. The van der Waals surface area contributed by atoms with Gasteiger partial charge in [-0.15, -0.1) is 0 Å². The summed E-state index contributed by atoms with van der Waals surface area (Å²) in [5.41, 5.74) is 9.61. The fourth-order valence-electron chi connectivity index (χ4n) is 3.51. The first-order chi connectivity index (χ1) is 11.8. The zero-order valence-corrected chi connectivity index (χ0v) is 16.2. The SMILES string of the molecule is CO[C@@H]1C[C@@H](C(=O)N(C)CCOc2cc(C)cc(C)c2C)CC[C@H]1N. The summed E-state index contributed by atoms with van der Waals surface area (Å²) in [6.07, 6.45) is 2.35. The smallest absolute Gasteiger partial charge is 0.225 e. The molecule has 140 valence electrons. The Labute approximate surface area is 151 Å². The maximum Gasteiger partial charge on any atom is 0.225 e. The molecule has 5 nitrogen and oxygen atoms in total. The number of likely N-dealkylation sites (N-methyl/N-ethyl adjacent to an activating group) is 1. The minimum absolute atomic E-state index is 0.00213. The number of rotatable bonds is 6. The van der Waals surface area contributed by atoms with Gasteiger partial charge in [-0.1, -0.05) is 6.07 Å². The summed E-state index contributed by atoms with van der Waals surface area (Å²) in [6, 6.07) is 4.24. The number of carbonyl (C=O) groups is 1. The van der Waals surface area contributed by atoms with Crippen molar-refractivity contribution in [2.45, 2.75) is 52.2 Å². The van der Waals surface area contributed by atoms with Crippen LogP contribution >= 0.6 is 0 Å². The lowest BCUT2D eigenvalue weighted by Crippen LogP contribution is -2.46. The third-order valence-corrected chi connectivity index (χ3v) is 5.32. The van der Waals surface area contributed by atoms with Gasteiger partial charge < -0.3 is 20.1 Å². The fraction of sp³-hybridized carbons (Fsp3) is 0.650. The molecular weight excluding hydrogens is 316 g/mol. The third-order valence-electron chi connectivity index (χ3n) is 5.32. The van der Waals surface area contributed by atoms with Gasteiger partial charge in [0.1, 0.15) is 12.4 Å². The van der Waals surface area contributed by atoms with Crippen molar-refractivity contribution in [1.29, 1.82) is 0 Å². The second-order valence-electron chi connectivity index (χ2n) is 7.26. The lowest BCUT2D eigenvalue weighted by Gasteiger charge is -2.34. The van der Waals surface area contributed by atoms with Crippen molar-refractivity contribution >= 4 is 5.91 Å². The molecule has 0 heterocycles. The molecule has 1 aromatic carbocycles. The highest BCUT2D eigenvalue weighted by Gasteiger charge is 2.33. The van der Waals surface area contributed by atoms with Crippen molar-refractivity contribution in [3.8, 4) is 5.75 Å². The van der Waals surface area contributed by atoms with Crippen molar-refractivity contribution in [2.24, 2.45) is 11.7 Å². The highest BCUT2D eigenvalue weighted by Crippen LogP contribution is 2.27. The van der Waals surface area contributed by atoms with E-state index in [9.17, 15) is 4.79 Å². The summed E-state index contributed by atoms with van der Waals surface area (Å²) in [6.45, 7) is 7.28. The molecule has 1 fully saturated rings. The first kappa shape index (κ1) is 19.7. The van der Waals surface area contributed by atoms with Crippen LogP contribution in [0.15, 0.2) is 12.1 Å². The molecule has 25 heavy (non-hydrogen) atoms. The summed E-state index contributed by atoms with van der Waals surface area (Å²) in [5, 5.41) is 0. The van der Waals surface area contributed by atoms with Crippen LogP contribution in [0.3, 0.4) is 0 Å². The molecule has 3 atom stereocenters. The monoisotopic (exact) mass is 348 g/mol. The molecule has 1 saturated carbocycles. The minimum atomic E-state index is -0.0229. The maximum absolute atomic E-state index is 12.7. The number of aryl methyl sites for hydroxylation is 2. The van der Waals surface area contributed by atoms with Gasteiger partial charge >= 0.3 is 0 Å². The van der Waals surface area contributed by atoms with Gasteiger partial charge in [-0.25, -0.2) is 0 Å². The fourth-order valence-corrected chi connectivity index (χ4v) is 3.51. The van der Waals surface area contributed by atoms with E-state index in [2.05, 4.69) is 32.9 Å². The molecule has 0 aliphatic heterocycles. The normalized spacial score (nSPS) is 23.4. The van der Waals surface area contributed by atoms with Gasteiger partial charge in [0.2, 0.25) is 5.91 Å². The van der Waals surface area contributed by atoms with Gasteiger partial charge in [-0.3, -0.25) is 4.79 Å². The summed E-state index contributed by atoms with van der Waals surface area (Å²) >= 11 is 0. The average molecular weight is 348 g/mol. The van der Waals surface area contributed by atoms with E-state index in [0.29, 0.717) is 19.6 Å². The van der Waals surface area contributed by atoms with Crippen molar-refractivity contribution in [2.75, 3.05) is 27.3 Å². The van der Waals surface area contributed by atoms with E-state index in [4.69, 9.17) is 15.2 Å². The number of carbonyl (C=O) groups excluding carboxylic acids is 1. The molecule has 1 aliphatic carbocycles. The van der Waals surface area contributed by atoms with Gasteiger partial charge in [0.25, 0.3) is 0 Å². The van der Waals surface area contributed by atoms with E-state index in [1.54, 1.807) is 12.0 Å². The van der Waals surface area contributed by atoms with Gasteiger partial charge in [0.15, 0.2) is 0 Å². The Morgan fingerprint density at radius 1 is 1.28 bits per heavy atom. The number of benzene rings is 1. The van der Waals surface area contributed by atoms with Crippen molar-refractivity contribution in [1.82, 2.24) is 4.90 Å². The van der Waals surface area contributed by atoms with E-state index in [-0.39, 0.29) is 24.0 Å².